The van der Waals surface area contributed by atoms with E-state index in [1.54, 1.807) is 0 Å². The summed E-state index contributed by atoms with van der Waals surface area (Å²) in [7, 11) is 0. The topological polar surface area (TPSA) is 50.7 Å². The largest absolute Gasteiger partial charge is 0.454 e. The van der Waals surface area contributed by atoms with E-state index in [0.29, 0.717) is 6.79 Å². The van der Waals surface area contributed by atoms with Gasteiger partial charge >= 0.3 is 0 Å². The van der Waals surface area contributed by atoms with Crippen LogP contribution < -0.4 is 14.4 Å². The van der Waals surface area contributed by atoms with Crippen molar-refractivity contribution in [3.8, 4) is 22.8 Å². The third kappa shape index (κ3) is 3.51. The smallest absolute Gasteiger partial charge is 0.231 e. The lowest BCUT2D eigenvalue weighted by atomic mass is 10.1. The van der Waals surface area contributed by atoms with Gasteiger partial charge in [-0.15, -0.1) is 10.2 Å². The maximum absolute atomic E-state index is 5.48. The molecule has 0 unspecified atom stereocenters. The molecule has 0 atom stereocenters. The highest BCUT2D eigenvalue weighted by Gasteiger charge is 2.20. The van der Waals surface area contributed by atoms with E-state index in [2.05, 4.69) is 56.4 Å². The van der Waals surface area contributed by atoms with E-state index < -0.39 is 0 Å². The third-order valence-electron chi connectivity index (χ3n) is 5.26. The Bertz CT molecular complexity index is 939. The molecule has 0 radical (unpaired) electrons. The lowest BCUT2D eigenvalue weighted by Crippen LogP contribution is -2.46. The van der Waals surface area contributed by atoms with Gasteiger partial charge in [0.25, 0.3) is 0 Å². The number of nitrogens with zero attached hydrogens (tertiary/aromatic N) is 4. The van der Waals surface area contributed by atoms with Crippen molar-refractivity contribution in [2.45, 2.75) is 6.54 Å². The Hall–Kier alpha value is -3.12. The van der Waals surface area contributed by atoms with Crippen LogP contribution in [-0.2, 0) is 6.54 Å². The highest BCUT2D eigenvalue weighted by molar-refractivity contribution is 5.59. The third-order valence-corrected chi connectivity index (χ3v) is 5.26. The van der Waals surface area contributed by atoms with Crippen molar-refractivity contribution >= 4 is 5.82 Å². The van der Waals surface area contributed by atoms with E-state index >= 15 is 0 Å². The van der Waals surface area contributed by atoms with Crippen molar-refractivity contribution in [2.75, 3.05) is 37.9 Å². The summed E-state index contributed by atoms with van der Waals surface area (Å²) in [5.41, 5.74) is 3.26. The van der Waals surface area contributed by atoms with E-state index in [-0.39, 0.29) is 0 Å². The minimum absolute atomic E-state index is 0.321. The predicted molar refractivity (Wildman–Crippen MR) is 108 cm³/mol. The minimum Gasteiger partial charge on any atom is -0.454 e. The van der Waals surface area contributed by atoms with Gasteiger partial charge in [0.1, 0.15) is 0 Å². The summed E-state index contributed by atoms with van der Waals surface area (Å²) in [5.74, 6) is 2.64. The Kier molecular flexibility index (Phi) is 4.54. The molecule has 6 nitrogen and oxygen atoms in total. The van der Waals surface area contributed by atoms with Gasteiger partial charge in [0, 0.05) is 38.3 Å². The van der Waals surface area contributed by atoms with Crippen LogP contribution in [0, 0.1) is 0 Å². The average molecular weight is 374 g/mol. The number of ether oxygens (including phenoxy) is 2. The molecule has 5 rings (SSSR count). The Labute approximate surface area is 164 Å². The fraction of sp³-hybridized carbons (Fsp3) is 0.273. The molecular formula is C22H22N4O2. The standard InChI is InChI=1S/C22H22N4O2/c1-2-4-18(5-3-1)19-7-9-22(24-23-19)26-12-10-25(11-13-26)15-17-6-8-20-21(14-17)28-16-27-20/h1-9,14H,10-13,15-16H2. The van der Waals surface area contributed by atoms with Gasteiger partial charge < -0.3 is 14.4 Å². The van der Waals surface area contributed by atoms with Gasteiger partial charge in [-0.25, -0.2) is 0 Å². The highest BCUT2D eigenvalue weighted by Crippen LogP contribution is 2.33. The Morgan fingerprint density at radius 3 is 2.39 bits per heavy atom. The van der Waals surface area contributed by atoms with Gasteiger partial charge in [-0.3, -0.25) is 4.90 Å². The maximum atomic E-state index is 5.48. The Morgan fingerprint density at radius 1 is 0.786 bits per heavy atom. The molecule has 3 aromatic rings. The van der Waals surface area contributed by atoms with Crippen LogP contribution in [0.25, 0.3) is 11.3 Å². The zero-order chi connectivity index (χ0) is 18.8. The van der Waals surface area contributed by atoms with Gasteiger partial charge in [-0.05, 0) is 29.8 Å². The summed E-state index contributed by atoms with van der Waals surface area (Å²) in [6.45, 7) is 5.13. The van der Waals surface area contributed by atoms with Crippen LogP contribution in [0.15, 0.2) is 60.7 Å². The Balaban J connectivity index is 1.19. The number of hydrogen-bond acceptors (Lipinski definition) is 6. The van der Waals surface area contributed by atoms with Crippen LogP contribution in [-0.4, -0.2) is 48.1 Å². The molecular weight excluding hydrogens is 352 g/mol. The molecule has 28 heavy (non-hydrogen) atoms. The first kappa shape index (κ1) is 17.0. The van der Waals surface area contributed by atoms with Crippen molar-refractivity contribution in [2.24, 2.45) is 0 Å². The second-order valence-corrected chi connectivity index (χ2v) is 7.09. The molecule has 142 valence electrons. The number of fused-ring (bicyclic) bond motifs is 1. The molecule has 6 heteroatoms. The molecule has 0 bridgehead atoms. The van der Waals surface area contributed by atoms with Crippen LogP contribution in [0.2, 0.25) is 0 Å². The monoisotopic (exact) mass is 374 g/mol. The van der Waals surface area contributed by atoms with E-state index in [4.69, 9.17) is 9.47 Å². The SMILES string of the molecule is c1ccc(-c2ccc(N3CCN(Cc4ccc5c(c4)OCO5)CC3)nn2)cc1. The number of aromatic nitrogens is 2. The second kappa shape index (κ2) is 7.48. The number of piperazine rings is 1. The van der Waals surface area contributed by atoms with Crippen molar-refractivity contribution < 1.29 is 9.47 Å². The molecule has 1 fully saturated rings. The molecule has 0 amide bonds. The minimum atomic E-state index is 0.321. The second-order valence-electron chi connectivity index (χ2n) is 7.09. The van der Waals surface area contributed by atoms with Crippen LogP contribution in [0.3, 0.4) is 0 Å². The first-order chi connectivity index (χ1) is 13.8. The van der Waals surface area contributed by atoms with Gasteiger partial charge in [0.05, 0.1) is 5.69 Å². The molecule has 0 saturated carbocycles. The zero-order valence-electron chi connectivity index (χ0n) is 15.6. The van der Waals surface area contributed by atoms with Gasteiger partial charge in [0.2, 0.25) is 6.79 Å². The highest BCUT2D eigenvalue weighted by atomic mass is 16.7. The lowest BCUT2D eigenvalue weighted by molar-refractivity contribution is 0.174. The van der Waals surface area contributed by atoms with E-state index in [9.17, 15) is 0 Å². The summed E-state index contributed by atoms with van der Waals surface area (Å²) in [6, 6.07) is 20.5. The van der Waals surface area contributed by atoms with E-state index in [1.807, 2.05) is 24.3 Å². The van der Waals surface area contributed by atoms with Gasteiger partial charge in [0.15, 0.2) is 17.3 Å². The number of rotatable bonds is 4. The van der Waals surface area contributed by atoms with Crippen molar-refractivity contribution in [3.63, 3.8) is 0 Å². The van der Waals surface area contributed by atoms with E-state index in [0.717, 1.165) is 61.3 Å². The van der Waals surface area contributed by atoms with Crippen LogP contribution >= 0.6 is 0 Å². The van der Waals surface area contributed by atoms with Crippen molar-refractivity contribution in [1.29, 1.82) is 0 Å². The summed E-state index contributed by atoms with van der Waals surface area (Å²) >= 11 is 0. The molecule has 0 aliphatic carbocycles. The van der Waals surface area contributed by atoms with Crippen molar-refractivity contribution in [1.82, 2.24) is 15.1 Å². The molecule has 1 aromatic heterocycles. The summed E-state index contributed by atoms with van der Waals surface area (Å²) in [4.78, 5) is 4.76. The average Bonchev–Trinajstić information content (AvgIpc) is 3.23. The van der Waals surface area contributed by atoms with Crippen LogP contribution in [0.4, 0.5) is 5.82 Å². The molecule has 1 saturated heterocycles. The molecule has 3 heterocycles. The Morgan fingerprint density at radius 2 is 1.61 bits per heavy atom. The number of anilines is 1. The van der Waals surface area contributed by atoms with Crippen LogP contribution in [0.1, 0.15) is 5.56 Å². The quantitative estimate of drug-likeness (QED) is 0.699. The summed E-state index contributed by atoms with van der Waals surface area (Å²) < 4.78 is 10.9. The molecule has 2 aromatic carbocycles. The van der Waals surface area contributed by atoms with E-state index in [1.165, 1.54) is 5.56 Å². The van der Waals surface area contributed by atoms with Gasteiger partial charge in [-0.1, -0.05) is 36.4 Å². The van der Waals surface area contributed by atoms with Crippen LogP contribution in [0.5, 0.6) is 11.5 Å². The lowest BCUT2D eigenvalue weighted by Gasteiger charge is -2.35. The first-order valence-electron chi connectivity index (χ1n) is 9.60. The normalized spacial score (nSPS) is 16.4. The molecule has 2 aliphatic rings. The number of hydrogen-bond donors (Lipinski definition) is 0. The molecule has 2 aliphatic heterocycles. The fourth-order valence-corrected chi connectivity index (χ4v) is 3.69. The summed E-state index contributed by atoms with van der Waals surface area (Å²) in [5, 5.41) is 8.87. The number of benzene rings is 2. The summed E-state index contributed by atoms with van der Waals surface area (Å²) in [6.07, 6.45) is 0. The zero-order valence-corrected chi connectivity index (χ0v) is 15.6. The molecule has 0 spiro atoms. The fourth-order valence-electron chi connectivity index (χ4n) is 3.69. The first-order valence-corrected chi connectivity index (χ1v) is 9.60. The maximum Gasteiger partial charge on any atom is 0.231 e. The molecule has 0 N–H and O–H groups in total. The predicted octanol–water partition coefficient (Wildman–Crippen LogP) is 3.19. The van der Waals surface area contributed by atoms with Gasteiger partial charge in [-0.2, -0.15) is 0 Å². The van der Waals surface area contributed by atoms with Crippen molar-refractivity contribution in [3.05, 3.63) is 66.2 Å².